The van der Waals surface area contributed by atoms with E-state index in [4.69, 9.17) is 4.74 Å². The summed E-state index contributed by atoms with van der Waals surface area (Å²) >= 11 is 0. The van der Waals surface area contributed by atoms with Crippen molar-refractivity contribution in [1.29, 1.82) is 0 Å². The van der Waals surface area contributed by atoms with E-state index in [1.807, 2.05) is 0 Å². The van der Waals surface area contributed by atoms with E-state index in [1.165, 1.54) is 21.1 Å². The van der Waals surface area contributed by atoms with Gasteiger partial charge in [-0.05, 0) is 19.8 Å². The Hall–Kier alpha value is -1.79. The molecule has 0 heterocycles. The minimum Gasteiger partial charge on any atom is -0.467 e. The lowest BCUT2D eigenvalue weighted by molar-refractivity contribution is -0.149. The van der Waals surface area contributed by atoms with Gasteiger partial charge in [-0.25, -0.2) is 14.4 Å². The van der Waals surface area contributed by atoms with Gasteiger partial charge in [-0.3, -0.25) is 0 Å². The molecule has 1 fully saturated rings. The summed E-state index contributed by atoms with van der Waals surface area (Å²) in [4.78, 5) is 35.1. The molecule has 1 unspecified atom stereocenters. The third-order valence-corrected chi connectivity index (χ3v) is 3.54. The third kappa shape index (κ3) is 3.85. The van der Waals surface area contributed by atoms with Crippen molar-refractivity contribution in [3.05, 3.63) is 0 Å². The van der Waals surface area contributed by atoms with Crippen molar-refractivity contribution >= 4 is 18.0 Å². The molecule has 0 spiro atoms. The first-order valence-corrected chi connectivity index (χ1v) is 6.70. The maximum absolute atomic E-state index is 11.9. The molecule has 0 aromatic rings. The summed E-state index contributed by atoms with van der Waals surface area (Å²) in [7, 11) is 2.55. The minimum atomic E-state index is -0.993. The number of nitrogens with one attached hydrogen (secondary N) is 2. The van der Waals surface area contributed by atoms with Gasteiger partial charge >= 0.3 is 18.0 Å². The molecule has 0 aliphatic heterocycles. The molecule has 0 aromatic heterocycles. The Kier molecular flexibility index (Phi) is 5.79. The Morgan fingerprint density at radius 3 is 2.15 bits per heavy atom. The Morgan fingerprint density at radius 2 is 1.65 bits per heavy atom. The zero-order valence-corrected chi connectivity index (χ0v) is 12.2. The molecule has 2 amide bonds. The van der Waals surface area contributed by atoms with E-state index in [0.29, 0.717) is 12.8 Å². The number of methoxy groups -OCH3 is 2. The van der Waals surface area contributed by atoms with E-state index < -0.39 is 29.6 Å². The van der Waals surface area contributed by atoms with Crippen molar-refractivity contribution < 1.29 is 23.9 Å². The quantitative estimate of drug-likeness (QED) is 0.743. The lowest BCUT2D eigenvalue weighted by Crippen LogP contribution is -2.60. The first-order chi connectivity index (χ1) is 9.45. The molecule has 1 aliphatic rings. The number of rotatable bonds is 4. The SMILES string of the molecule is COC(=O)C(C)NC(=O)NC1(C(=O)OC)CCCCC1. The van der Waals surface area contributed by atoms with E-state index in [2.05, 4.69) is 15.4 Å². The van der Waals surface area contributed by atoms with Crippen LogP contribution in [0, 0.1) is 0 Å². The van der Waals surface area contributed by atoms with Crippen LogP contribution >= 0.6 is 0 Å². The zero-order valence-electron chi connectivity index (χ0n) is 12.2. The predicted molar refractivity (Wildman–Crippen MR) is 71.0 cm³/mol. The fraction of sp³-hybridized carbons (Fsp3) is 0.769. The zero-order chi connectivity index (χ0) is 15.2. The van der Waals surface area contributed by atoms with Gasteiger partial charge in [-0.1, -0.05) is 19.3 Å². The van der Waals surface area contributed by atoms with Crippen molar-refractivity contribution in [1.82, 2.24) is 10.6 Å². The summed E-state index contributed by atoms with van der Waals surface area (Å²) < 4.78 is 9.32. The Bertz CT molecular complexity index is 377. The van der Waals surface area contributed by atoms with Crippen molar-refractivity contribution in [3.8, 4) is 0 Å². The molecule has 0 aromatic carbocycles. The number of amides is 2. The number of urea groups is 1. The van der Waals surface area contributed by atoms with Crippen LogP contribution in [0.3, 0.4) is 0 Å². The highest BCUT2D eigenvalue weighted by Gasteiger charge is 2.42. The van der Waals surface area contributed by atoms with Gasteiger partial charge in [-0.15, -0.1) is 0 Å². The molecule has 1 aliphatic carbocycles. The second kappa shape index (κ2) is 7.12. The highest BCUT2D eigenvalue weighted by molar-refractivity contribution is 5.89. The number of carbonyl (C=O) groups excluding carboxylic acids is 3. The summed E-state index contributed by atoms with van der Waals surface area (Å²) in [6.45, 7) is 1.51. The second-order valence-corrected chi connectivity index (χ2v) is 4.98. The van der Waals surface area contributed by atoms with Gasteiger partial charge in [0.25, 0.3) is 0 Å². The summed E-state index contributed by atoms with van der Waals surface area (Å²) in [5.74, 6) is -0.992. The third-order valence-electron chi connectivity index (χ3n) is 3.54. The number of ether oxygens (including phenoxy) is 2. The molecule has 2 N–H and O–H groups in total. The highest BCUT2D eigenvalue weighted by Crippen LogP contribution is 2.29. The molecule has 7 nitrogen and oxygen atoms in total. The van der Waals surface area contributed by atoms with Crippen LogP contribution in [0.25, 0.3) is 0 Å². The van der Waals surface area contributed by atoms with Crippen LogP contribution in [0.1, 0.15) is 39.0 Å². The standard InChI is InChI=1S/C13H22N2O5/c1-9(10(16)19-2)14-12(18)15-13(11(17)20-3)7-5-4-6-8-13/h9H,4-8H2,1-3H3,(H2,14,15,18). The Balaban J connectivity index is 2.68. The molecule has 7 heteroatoms. The molecule has 0 radical (unpaired) electrons. The monoisotopic (exact) mass is 286 g/mol. The highest BCUT2D eigenvalue weighted by atomic mass is 16.5. The topological polar surface area (TPSA) is 93.7 Å². The van der Waals surface area contributed by atoms with E-state index in [-0.39, 0.29) is 0 Å². The molecule has 1 atom stereocenters. The molecule has 1 rings (SSSR count). The number of hydrogen-bond acceptors (Lipinski definition) is 5. The van der Waals surface area contributed by atoms with Crippen molar-refractivity contribution in [2.45, 2.75) is 50.6 Å². The molecule has 114 valence electrons. The maximum atomic E-state index is 11.9. The van der Waals surface area contributed by atoms with Gasteiger partial charge in [0.05, 0.1) is 14.2 Å². The van der Waals surface area contributed by atoms with E-state index in [1.54, 1.807) is 0 Å². The fourth-order valence-electron chi connectivity index (χ4n) is 2.42. The second-order valence-electron chi connectivity index (χ2n) is 4.98. The van der Waals surface area contributed by atoms with E-state index in [0.717, 1.165) is 19.3 Å². The molecule has 0 saturated heterocycles. The summed E-state index contributed by atoms with van der Waals surface area (Å²) in [6.07, 6.45) is 3.81. The maximum Gasteiger partial charge on any atom is 0.331 e. The summed E-state index contributed by atoms with van der Waals surface area (Å²) in [5, 5.41) is 5.11. The number of hydrogen-bond donors (Lipinski definition) is 2. The van der Waals surface area contributed by atoms with E-state index in [9.17, 15) is 14.4 Å². The first-order valence-electron chi connectivity index (χ1n) is 6.70. The van der Waals surface area contributed by atoms with Gasteiger partial charge in [0.2, 0.25) is 0 Å². The normalized spacial score (nSPS) is 18.6. The molecular weight excluding hydrogens is 264 g/mol. The van der Waals surface area contributed by atoms with Crippen LogP contribution in [-0.4, -0.2) is 43.8 Å². The van der Waals surface area contributed by atoms with Crippen LogP contribution < -0.4 is 10.6 Å². The first kappa shape index (κ1) is 16.3. The van der Waals surface area contributed by atoms with Gasteiger partial charge < -0.3 is 20.1 Å². The predicted octanol–water partition coefficient (Wildman–Crippen LogP) is 0.723. The Labute approximate surface area is 118 Å². The smallest absolute Gasteiger partial charge is 0.331 e. The lowest BCUT2D eigenvalue weighted by atomic mass is 9.81. The minimum absolute atomic E-state index is 0.446. The van der Waals surface area contributed by atoms with Gasteiger partial charge in [0.15, 0.2) is 0 Å². The fourth-order valence-corrected chi connectivity index (χ4v) is 2.42. The molecule has 0 bridgehead atoms. The molecule has 1 saturated carbocycles. The Morgan fingerprint density at radius 1 is 1.05 bits per heavy atom. The van der Waals surface area contributed by atoms with Crippen LogP contribution in [0.4, 0.5) is 4.79 Å². The van der Waals surface area contributed by atoms with E-state index >= 15 is 0 Å². The van der Waals surface area contributed by atoms with Crippen molar-refractivity contribution in [2.75, 3.05) is 14.2 Å². The number of esters is 2. The molecule has 20 heavy (non-hydrogen) atoms. The lowest BCUT2D eigenvalue weighted by Gasteiger charge is -2.35. The van der Waals surface area contributed by atoms with Crippen molar-refractivity contribution in [3.63, 3.8) is 0 Å². The van der Waals surface area contributed by atoms with Crippen molar-refractivity contribution in [2.24, 2.45) is 0 Å². The number of carbonyl (C=O) groups is 3. The average molecular weight is 286 g/mol. The van der Waals surface area contributed by atoms with Crippen LogP contribution in [0.5, 0.6) is 0 Å². The van der Waals surface area contributed by atoms with Crippen LogP contribution in [0.2, 0.25) is 0 Å². The molecular formula is C13H22N2O5. The van der Waals surface area contributed by atoms with Gasteiger partial charge in [0.1, 0.15) is 11.6 Å². The summed E-state index contributed by atoms with van der Waals surface area (Å²) in [5.41, 5.74) is -0.993. The van der Waals surface area contributed by atoms with Gasteiger partial charge in [0, 0.05) is 0 Å². The van der Waals surface area contributed by atoms with Crippen LogP contribution in [0.15, 0.2) is 0 Å². The van der Waals surface area contributed by atoms with Gasteiger partial charge in [-0.2, -0.15) is 0 Å². The van der Waals surface area contributed by atoms with Crippen LogP contribution in [-0.2, 0) is 19.1 Å². The average Bonchev–Trinajstić information content (AvgIpc) is 2.46. The largest absolute Gasteiger partial charge is 0.467 e. The summed E-state index contributed by atoms with van der Waals surface area (Å²) in [6, 6.07) is -1.35.